The van der Waals surface area contributed by atoms with Crippen LogP contribution in [-0.4, -0.2) is 44.3 Å². The second-order valence-corrected chi connectivity index (χ2v) is 5.48. The molecule has 0 spiro atoms. The first-order valence-corrected chi connectivity index (χ1v) is 7.78. The Bertz CT molecular complexity index is 681. The van der Waals surface area contributed by atoms with Gasteiger partial charge in [0.25, 0.3) is 5.91 Å². The van der Waals surface area contributed by atoms with Gasteiger partial charge in [0, 0.05) is 17.8 Å². The Morgan fingerprint density at radius 3 is 2.70 bits per heavy atom. The van der Waals surface area contributed by atoms with Gasteiger partial charge in [-0.15, -0.1) is 0 Å². The average Bonchev–Trinajstić information content (AvgIpc) is 2.92. The number of aromatic hydroxyl groups is 1. The van der Waals surface area contributed by atoms with Gasteiger partial charge in [-0.1, -0.05) is 19.1 Å². The van der Waals surface area contributed by atoms with Crippen molar-refractivity contribution in [2.24, 2.45) is 0 Å². The topological polar surface area (TPSA) is 89.5 Å². The van der Waals surface area contributed by atoms with E-state index in [-0.39, 0.29) is 18.2 Å². The van der Waals surface area contributed by atoms with Gasteiger partial charge in [0.15, 0.2) is 5.69 Å². The number of aromatic amines is 1. The average molecular weight is 317 g/mol. The smallest absolute Gasteiger partial charge is 0.274 e. The number of nitrogens with one attached hydrogen (secondary N) is 1. The molecule has 1 heterocycles. The van der Waals surface area contributed by atoms with Crippen molar-refractivity contribution in [3.63, 3.8) is 0 Å². The third-order valence-electron chi connectivity index (χ3n) is 3.98. The quantitative estimate of drug-likeness (QED) is 0.762. The summed E-state index contributed by atoms with van der Waals surface area (Å²) in [6.07, 6.45) is -0.0830. The van der Waals surface area contributed by atoms with Gasteiger partial charge in [-0.05, 0) is 38.0 Å². The molecule has 0 aliphatic heterocycles. The Labute approximate surface area is 135 Å². The van der Waals surface area contributed by atoms with E-state index in [2.05, 4.69) is 10.2 Å². The van der Waals surface area contributed by atoms with Crippen LogP contribution in [0.5, 0.6) is 5.75 Å². The van der Waals surface area contributed by atoms with E-state index in [9.17, 15) is 15.0 Å². The molecular weight excluding hydrogens is 294 g/mol. The zero-order valence-electron chi connectivity index (χ0n) is 13.7. The van der Waals surface area contributed by atoms with E-state index in [1.807, 2.05) is 20.8 Å². The highest BCUT2D eigenvalue weighted by atomic mass is 16.3. The van der Waals surface area contributed by atoms with Crippen LogP contribution in [0.1, 0.15) is 47.3 Å². The Morgan fingerprint density at radius 2 is 2.13 bits per heavy atom. The van der Waals surface area contributed by atoms with E-state index >= 15 is 0 Å². The monoisotopic (exact) mass is 317 g/mol. The summed E-state index contributed by atoms with van der Waals surface area (Å²) in [5.74, 6) is -0.119. The summed E-state index contributed by atoms with van der Waals surface area (Å²) >= 11 is 0. The summed E-state index contributed by atoms with van der Waals surface area (Å²) in [5.41, 5.74) is 2.76. The van der Waals surface area contributed by atoms with Crippen molar-refractivity contribution < 1.29 is 15.0 Å². The van der Waals surface area contributed by atoms with Gasteiger partial charge in [0.1, 0.15) is 5.75 Å². The van der Waals surface area contributed by atoms with Gasteiger partial charge in [-0.2, -0.15) is 5.10 Å². The number of phenols is 1. The molecule has 0 unspecified atom stereocenters. The number of benzene rings is 1. The second-order valence-electron chi connectivity index (χ2n) is 5.48. The minimum Gasteiger partial charge on any atom is -0.508 e. The van der Waals surface area contributed by atoms with Crippen LogP contribution < -0.4 is 0 Å². The molecule has 6 nitrogen and oxygen atoms in total. The first-order valence-electron chi connectivity index (χ1n) is 7.78. The van der Waals surface area contributed by atoms with Crippen LogP contribution in [-0.2, 0) is 6.42 Å². The van der Waals surface area contributed by atoms with Crippen LogP contribution in [0.15, 0.2) is 24.3 Å². The van der Waals surface area contributed by atoms with Crippen LogP contribution in [0, 0.1) is 6.92 Å². The summed E-state index contributed by atoms with van der Waals surface area (Å²) in [5, 5.41) is 26.8. The number of aliphatic hydroxyl groups is 1. The first kappa shape index (κ1) is 17.0. The summed E-state index contributed by atoms with van der Waals surface area (Å²) in [6.45, 7) is 6.33. The largest absolute Gasteiger partial charge is 0.508 e. The number of carbonyl (C=O) groups is 1. The van der Waals surface area contributed by atoms with Gasteiger partial charge in [0.05, 0.1) is 12.6 Å². The minimum atomic E-state index is -0.865. The summed E-state index contributed by atoms with van der Waals surface area (Å²) in [6, 6.07) is 6.42. The van der Waals surface area contributed by atoms with Crippen LogP contribution in [0.3, 0.4) is 0 Å². The van der Waals surface area contributed by atoms with E-state index in [0.29, 0.717) is 17.8 Å². The molecule has 0 saturated heterocycles. The number of rotatable bonds is 6. The number of hydrogen-bond donors (Lipinski definition) is 3. The second kappa shape index (κ2) is 7.28. The number of aliphatic hydroxyl groups excluding tert-OH is 1. The van der Waals surface area contributed by atoms with E-state index in [1.165, 1.54) is 6.07 Å². The number of H-pyrrole nitrogens is 1. The molecule has 1 atom stereocenters. The van der Waals surface area contributed by atoms with Crippen molar-refractivity contribution in [2.75, 3.05) is 13.1 Å². The van der Waals surface area contributed by atoms with Crippen molar-refractivity contribution in [1.82, 2.24) is 15.1 Å². The Hall–Kier alpha value is -2.34. The van der Waals surface area contributed by atoms with E-state index in [0.717, 1.165) is 17.7 Å². The summed E-state index contributed by atoms with van der Waals surface area (Å²) < 4.78 is 0. The van der Waals surface area contributed by atoms with Crippen LogP contribution in [0.4, 0.5) is 0 Å². The molecular formula is C17H23N3O3. The fourth-order valence-electron chi connectivity index (χ4n) is 2.54. The lowest BCUT2D eigenvalue weighted by Gasteiger charge is -2.23. The molecule has 2 aromatic rings. The molecule has 0 radical (unpaired) electrons. The standard InChI is InChI=1S/C17H23N3O3/c1-4-14-11(3)16(19-18-14)17(23)20(5-2)10-15(22)12-7-6-8-13(21)9-12/h6-9,15,21-22H,4-5,10H2,1-3H3,(H,18,19)/t15-/m1/s1. The zero-order valence-corrected chi connectivity index (χ0v) is 13.7. The highest BCUT2D eigenvalue weighted by Crippen LogP contribution is 2.20. The van der Waals surface area contributed by atoms with Gasteiger partial charge in [0.2, 0.25) is 0 Å². The highest BCUT2D eigenvalue weighted by molar-refractivity contribution is 5.93. The molecule has 2 rings (SSSR count). The molecule has 0 aliphatic carbocycles. The molecule has 0 fully saturated rings. The van der Waals surface area contributed by atoms with Gasteiger partial charge >= 0.3 is 0 Å². The van der Waals surface area contributed by atoms with Crippen LogP contribution in [0.2, 0.25) is 0 Å². The number of carbonyl (C=O) groups excluding carboxylic acids is 1. The SMILES string of the molecule is CCc1[nH]nc(C(=O)N(CC)C[C@@H](O)c2cccc(O)c2)c1C. The maximum absolute atomic E-state index is 12.6. The number of nitrogens with zero attached hydrogens (tertiary/aromatic N) is 2. The molecule has 3 N–H and O–H groups in total. The number of likely N-dealkylation sites (N-methyl/N-ethyl adjacent to an activating group) is 1. The van der Waals surface area contributed by atoms with E-state index in [1.54, 1.807) is 23.1 Å². The molecule has 1 aromatic heterocycles. The molecule has 124 valence electrons. The third kappa shape index (κ3) is 3.71. The Balaban J connectivity index is 2.15. The first-order chi connectivity index (χ1) is 11.0. The molecule has 1 aromatic carbocycles. The number of amides is 1. The van der Waals surface area contributed by atoms with Crippen molar-refractivity contribution >= 4 is 5.91 Å². The highest BCUT2D eigenvalue weighted by Gasteiger charge is 2.23. The number of aryl methyl sites for hydroxylation is 1. The molecule has 0 bridgehead atoms. The third-order valence-corrected chi connectivity index (χ3v) is 3.98. The maximum Gasteiger partial charge on any atom is 0.274 e. The lowest BCUT2D eigenvalue weighted by Crippen LogP contribution is -2.35. The normalized spacial score (nSPS) is 12.2. The van der Waals surface area contributed by atoms with Crippen molar-refractivity contribution in [2.45, 2.75) is 33.3 Å². The summed E-state index contributed by atoms with van der Waals surface area (Å²) in [7, 11) is 0. The number of phenolic OH excluding ortho intramolecular Hbond substituents is 1. The zero-order chi connectivity index (χ0) is 17.0. The van der Waals surface area contributed by atoms with E-state index in [4.69, 9.17) is 0 Å². The van der Waals surface area contributed by atoms with E-state index < -0.39 is 6.10 Å². The predicted molar refractivity (Wildman–Crippen MR) is 87.3 cm³/mol. The minimum absolute atomic E-state index is 0.0895. The number of hydrogen-bond acceptors (Lipinski definition) is 4. The summed E-state index contributed by atoms with van der Waals surface area (Å²) in [4.78, 5) is 14.2. The van der Waals surface area contributed by atoms with Crippen molar-refractivity contribution in [3.05, 3.63) is 46.8 Å². The van der Waals surface area contributed by atoms with Crippen LogP contribution in [0.25, 0.3) is 0 Å². The lowest BCUT2D eigenvalue weighted by molar-refractivity contribution is 0.0628. The fourth-order valence-corrected chi connectivity index (χ4v) is 2.54. The van der Waals surface area contributed by atoms with Gasteiger partial charge < -0.3 is 15.1 Å². The predicted octanol–water partition coefficient (Wildman–Crippen LogP) is 2.18. The fraction of sp³-hybridized carbons (Fsp3) is 0.412. The maximum atomic E-state index is 12.6. The Kier molecular flexibility index (Phi) is 5.39. The molecule has 0 aliphatic rings. The van der Waals surface area contributed by atoms with Crippen molar-refractivity contribution in [1.29, 1.82) is 0 Å². The Morgan fingerprint density at radius 1 is 1.39 bits per heavy atom. The molecule has 6 heteroatoms. The lowest BCUT2D eigenvalue weighted by atomic mass is 10.1. The molecule has 23 heavy (non-hydrogen) atoms. The molecule has 0 saturated carbocycles. The van der Waals surface area contributed by atoms with Gasteiger partial charge in [-0.3, -0.25) is 9.89 Å². The molecule has 1 amide bonds. The van der Waals surface area contributed by atoms with Crippen molar-refractivity contribution in [3.8, 4) is 5.75 Å². The van der Waals surface area contributed by atoms with Crippen LogP contribution >= 0.6 is 0 Å². The van der Waals surface area contributed by atoms with Gasteiger partial charge in [-0.25, -0.2) is 0 Å². The number of aromatic nitrogens is 2.